The minimum absolute atomic E-state index is 0.0520. The van der Waals surface area contributed by atoms with E-state index in [0.29, 0.717) is 30.0 Å². The lowest BCUT2D eigenvalue weighted by molar-refractivity contribution is 0.497. The van der Waals surface area contributed by atoms with E-state index in [0.717, 1.165) is 29.3 Å². The number of anilines is 1. The Morgan fingerprint density at radius 1 is 1.45 bits per heavy atom. The van der Waals surface area contributed by atoms with Crippen molar-refractivity contribution in [2.24, 2.45) is 16.3 Å². The Labute approximate surface area is 183 Å². The van der Waals surface area contributed by atoms with E-state index in [4.69, 9.17) is 5.26 Å². The number of allylic oxidation sites excluding steroid dienone is 5. The van der Waals surface area contributed by atoms with E-state index < -0.39 is 0 Å². The molecule has 0 saturated heterocycles. The molecule has 162 valence electrons. The summed E-state index contributed by atoms with van der Waals surface area (Å²) in [6.45, 7) is 13.0. The third-order valence-electron chi connectivity index (χ3n) is 6.01. The Kier molecular flexibility index (Phi) is 6.59. The van der Waals surface area contributed by atoms with Crippen LogP contribution in [0.15, 0.2) is 70.5 Å². The lowest BCUT2D eigenvalue weighted by atomic mass is 9.91. The second kappa shape index (κ2) is 9.17. The minimum atomic E-state index is -0.385. The van der Waals surface area contributed by atoms with E-state index in [1.165, 1.54) is 12.3 Å². The number of aliphatic imine (C=N–C) groups is 1. The maximum atomic E-state index is 14.8. The van der Waals surface area contributed by atoms with Crippen LogP contribution >= 0.6 is 0 Å². The van der Waals surface area contributed by atoms with Crippen molar-refractivity contribution in [1.82, 2.24) is 15.6 Å². The van der Waals surface area contributed by atoms with Gasteiger partial charge in [0.05, 0.1) is 23.6 Å². The van der Waals surface area contributed by atoms with Crippen LogP contribution < -0.4 is 16.0 Å². The van der Waals surface area contributed by atoms with Crippen molar-refractivity contribution in [3.63, 3.8) is 0 Å². The molecule has 31 heavy (non-hydrogen) atoms. The molecule has 3 N–H and O–H groups in total. The van der Waals surface area contributed by atoms with Gasteiger partial charge < -0.3 is 16.0 Å². The Morgan fingerprint density at radius 2 is 2.23 bits per heavy atom. The third-order valence-corrected chi connectivity index (χ3v) is 6.01. The Balaban J connectivity index is 1.78. The number of halogens is 1. The highest BCUT2D eigenvalue weighted by molar-refractivity contribution is 5.82. The summed E-state index contributed by atoms with van der Waals surface area (Å²) >= 11 is 0. The van der Waals surface area contributed by atoms with Gasteiger partial charge in [-0.25, -0.2) is 9.37 Å². The van der Waals surface area contributed by atoms with Gasteiger partial charge in [0.15, 0.2) is 0 Å². The average Bonchev–Trinajstić information content (AvgIpc) is 3.49. The van der Waals surface area contributed by atoms with E-state index in [1.54, 1.807) is 25.1 Å². The smallest absolute Gasteiger partial charge is 0.130 e. The lowest BCUT2D eigenvalue weighted by Crippen LogP contribution is -2.34. The van der Waals surface area contributed by atoms with Gasteiger partial charge in [-0.2, -0.15) is 5.26 Å². The quantitative estimate of drug-likeness (QED) is 0.538. The van der Waals surface area contributed by atoms with E-state index in [2.05, 4.69) is 38.6 Å². The van der Waals surface area contributed by atoms with E-state index in [1.807, 2.05) is 20.8 Å². The van der Waals surface area contributed by atoms with Gasteiger partial charge in [-0.1, -0.05) is 12.7 Å². The molecular weight excluding hydrogens is 391 g/mol. The predicted molar refractivity (Wildman–Crippen MR) is 123 cm³/mol. The molecule has 2 unspecified atom stereocenters. The molecule has 7 heteroatoms. The van der Waals surface area contributed by atoms with Crippen molar-refractivity contribution in [3.8, 4) is 6.07 Å². The van der Waals surface area contributed by atoms with Gasteiger partial charge in [-0.15, -0.1) is 0 Å². The van der Waals surface area contributed by atoms with Crippen molar-refractivity contribution in [2.45, 2.75) is 34.1 Å². The Bertz CT molecular complexity index is 1030. The standard InChI is InChI=1S/C24H29FN6/c1-6-7-21(25)15(2)24(14-29-22-13-27-18(5)30-17(22)4)10-20(24)16(3)31-23-9-8-19(11-26)12-28-23/h6-9,12,20,29H,3,10,13-14H2,1-2,4-5H3,(H,27,30)(H,28,31)/b7-6-,21-15-. The lowest BCUT2D eigenvalue weighted by Gasteiger charge is -2.25. The predicted octanol–water partition coefficient (Wildman–Crippen LogP) is 4.55. The summed E-state index contributed by atoms with van der Waals surface area (Å²) in [7, 11) is 0. The monoisotopic (exact) mass is 420 g/mol. The molecular formula is C24H29FN6. The summed E-state index contributed by atoms with van der Waals surface area (Å²) in [4.78, 5) is 8.70. The first-order chi connectivity index (χ1) is 14.8. The molecule has 0 aromatic carbocycles. The molecule has 1 aromatic heterocycles. The van der Waals surface area contributed by atoms with Crippen LogP contribution in [0.2, 0.25) is 0 Å². The van der Waals surface area contributed by atoms with Crippen LogP contribution in [0.1, 0.15) is 39.7 Å². The molecule has 2 aliphatic rings. The van der Waals surface area contributed by atoms with Gasteiger partial charge in [0, 0.05) is 35.5 Å². The zero-order valence-corrected chi connectivity index (χ0v) is 18.5. The number of amidine groups is 1. The zero-order chi connectivity index (χ0) is 22.6. The SMILES string of the molecule is C=C(Nc1ccc(C#N)cn1)C1CC1(CNC1=C(C)NC(C)=NC1)/C(C)=C(F)/C=C\C. The summed E-state index contributed by atoms with van der Waals surface area (Å²) in [6.07, 6.45) is 5.51. The number of nitrogens with one attached hydrogen (secondary N) is 3. The molecule has 0 spiro atoms. The molecule has 3 rings (SSSR count). The number of nitriles is 1. The topological polar surface area (TPSA) is 85.1 Å². The summed E-state index contributed by atoms with van der Waals surface area (Å²) in [6, 6.07) is 5.51. The van der Waals surface area contributed by atoms with Crippen molar-refractivity contribution in [2.75, 3.05) is 18.4 Å². The van der Waals surface area contributed by atoms with Crippen molar-refractivity contribution in [1.29, 1.82) is 5.26 Å². The number of aromatic nitrogens is 1. The Hall–Kier alpha value is -3.40. The highest BCUT2D eigenvalue weighted by Gasteiger charge is 2.57. The van der Waals surface area contributed by atoms with Crippen LogP contribution in [-0.4, -0.2) is 23.9 Å². The fourth-order valence-electron chi connectivity index (χ4n) is 3.95. The van der Waals surface area contributed by atoms with E-state index in [-0.39, 0.29) is 17.2 Å². The second-order valence-corrected chi connectivity index (χ2v) is 8.06. The van der Waals surface area contributed by atoms with Gasteiger partial charge in [0.1, 0.15) is 17.7 Å². The van der Waals surface area contributed by atoms with Gasteiger partial charge >= 0.3 is 0 Å². The van der Waals surface area contributed by atoms with Crippen LogP contribution in [-0.2, 0) is 0 Å². The molecule has 1 aromatic rings. The first-order valence-corrected chi connectivity index (χ1v) is 10.3. The maximum absolute atomic E-state index is 14.8. The molecule has 1 saturated carbocycles. The second-order valence-electron chi connectivity index (χ2n) is 8.06. The van der Waals surface area contributed by atoms with Crippen molar-refractivity contribution in [3.05, 3.63) is 71.1 Å². The molecule has 1 aliphatic carbocycles. The van der Waals surface area contributed by atoms with Gasteiger partial charge in [0.25, 0.3) is 0 Å². The summed E-state index contributed by atoms with van der Waals surface area (Å²) in [5, 5.41) is 18.9. The first-order valence-electron chi connectivity index (χ1n) is 10.3. The normalized spacial score (nSPS) is 23.5. The molecule has 1 fully saturated rings. The number of hydrogen-bond acceptors (Lipinski definition) is 6. The molecule has 0 radical (unpaired) electrons. The number of pyridine rings is 1. The molecule has 0 amide bonds. The van der Waals surface area contributed by atoms with Crippen molar-refractivity contribution < 1.29 is 4.39 Å². The maximum Gasteiger partial charge on any atom is 0.130 e. The fourth-order valence-corrected chi connectivity index (χ4v) is 3.95. The number of nitrogens with zero attached hydrogens (tertiary/aromatic N) is 3. The van der Waals surface area contributed by atoms with Gasteiger partial charge in [-0.05, 0) is 57.9 Å². The minimum Gasteiger partial charge on any atom is -0.385 e. The van der Waals surface area contributed by atoms with E-state index >= 15 is 0 Å². The van der Waals surface area contributed by atoms with Crippen LogP contribution in [0, 0.1) is 22.7 Å². The van der Waals surface area contributed by atoms with Crippen LogP contribution in [0.3, 0.4) is 0 Å². The zero-order valence-electron chi connectivity index (χ0n) is 18.5. The number of rotatable bonds is 8. The fraction of sp³-hybridized carbons (Fsp3) is 0.375. The third kappa shape index (κ3) is 4.85. The molecule has 0 bridgehead atoms. The van der Waals surface area contributed by atoms with Crippen LogP contribution in [0.25, 0.3) is 0 Å². The van der Waals surface area contributed by atoms with Gasteiger partial charge in [0.2, 0.25) is 0 Å². The Morgan fingerprint density at radius 3 is 2.84 bits per heavy atom. The largest absolute Gasteiger partial charge is 0.385 e. The average molecular weight is 421 g/mol. The van der Waals surface area contributed by atoms with Crippen molar-refractivity contribution >= 4 is 11.7 Å². The summed E-state index contributed by atoms with van der Waals surface area (Å²) < 4.78 is 14.8. The summed E-state index contributed by atoms with van der Waals surface area (Å²) in [5.41, 5.74) is 3.66. The molecule has 1 aliphatic heterocycles. The highest BCUT2D eigenvalue weighted by Crippen LogP contribution is 2.61. The molecule has 2 heterocycles. The summed E-state index contributed by atoms with van der Waals surface area (Å²) in [5.74, 6) is 1.35. The highest BCUT2D eigenvalue weighted by atomic mass is 19.1. The van der Waals surface area contributed by atoms with Crippen LogP contribution in [0.5, 0.6) is 0 Å². The van der Waals surface area contributed by atoms with E-state index in [9.17, 15) is 4.39 Å². The number of hydrogen-bond donors (Lipinski definition) is 3. The first kappa shape index (κ1) is 22.3. The van der Waals surface area contributed by atoms with Crippen LogP contribution in [0.4, 0.5) is 10.2 Å². The molecule has 6 nitrogen and oxygen atoms in total. The van der Waals surface area contributed by atoms with Gasteiger partial charge in [-0.3, -0.25) is 4.99 Å². The molecule has 2 atom stereocenters.